The highest BCUT2D eigenvalue weighted by Crippen LogP contribution is 2.42. The van der Waals surface area contributed by atoms with Crippen molar-refractivity contribution in [3.05, 3.63) is 103 Å². The molecule has 6 rings (SSSR count). The maximum atomic E-state index is 14.4. The Bertz CT molecular complexity index is 2840. The molecule has 1 amide bonds. The lowest BCUT2D eigenvalue weighted by atomic mass is 9.75. The van der Waals surface area contributed by atoms with Gasteiger partial charge < -0.3 is 14.4 Å². The van der Waals surface area contributed by atoms with E-state index >= 15 is 0 Å². The summed E-state index contributed by atoms with van der Waals surface area (Å²) in [6.07, 6.45) is 13.7. The molecule has 364 valence electrons. The van der Waals surface area contributed by atoms with Gasteiger partial charge in [-0.1, -0.05) is 134 Å². The van der Waals surface area contributed by atoms with E-state index in [4.69, 9.17) is 21.0 Å². The zero-order chi connectivity index (χ0) is 49.0. The van der Waals surface area contributed by atoms with Crippen LogP contribution in [0.2, 0.25) is 0 Å². The van der Waals surface area contributed by atoms with Crippen LogP contribution in [-0.2, 0) is 24.8 Å². The van der Waals surface area contributed by atoms with Gasteiger partial charge in [0, 0.05) is 24.0 Å². The number of carbonyl (C=O) groups excluding carboxylic acids is 2. The Morgan fingerprint density at radius 1 is 0.868 bits per heavy atom. The van der Waals surface area contributed by atoms with E-state index in [-0.39, 0.29) is 81.1 Å². The smallest absolute Gasteiger partial charge is 0.416 e. The largest absolute Gasteiger partial charge is 0.459 e. The number of anilines is 2. The Labute approximate surface area is 401 Å². The summed E-state index contributed by atoms with van der Waals surface area (Å²) >= 11 is 0. The normalized spacial score (nSPS) is 17.3. The lowest BCUT2D eigenvalue weighted by Crippen LogP contribution is -2.37. The van der Waals surface area contributed by atoms with E-state index in [0.29, 0.717) is 23.1 Å². The molecule has 2 atom stereocenters. The molecule has 15 nitrogen and oxygen atoms in total. The van der Waals surface area contributed by atoms with Crippen molar-refractivity contribution in [1.82, 2.24) is 19.5 Å². The summed E-state index contributed by atoms with van der Waals surface area (Å²) in [5.41, 5.74) is -0.432. The molecule has 1 saturated carbocycles. The summed E-state index contributed by atoms with van der Waals surface area (Å²) in [4.78, 5) is 37.7. The molecule has 1 aliphatic rings. The van der Waals surface area contributed by atoms with Gasteiger partial charge in [0.25, 0.3) is 15.7 Å². The molecule has 17 heteroatoms. The molecule has 1 fully saturated rings. The van der Waals surface area contributed by atoms with Gasteiger partial charge in [-0.3, -0.25) is 14.5 Å². The minimum Gasteiger partial charge on any atom is -0.459 e. The number of aromatic nitrogens is 3. The summed E-state index contributed by atoms with van der Waals surface area (Å²) in [6.45, 7) is 24.2. The van der Waals surface area contributed by atoms with Gasteiger partial charge in [0.2, 0.25) is 15.9 Å². The summed E-state index contributed by atoms with van der Waals surface area (Å²) < 4.78 is 74.1. The van der Waals surface area contributed by atoms with Crippen LogP contribution in [0.1, 0.15) is 115 Å². The van der Waals surface area contributed by atoms with Crippen LogP contribution in [0, 0.1) is 24.3 Å². The van der Waals surface area contributed by atoms with Gasteiger partial charge in [0.15, 0.2) is 11.5 Å². The third kappa shape index (κ3) is 12.7. The number of benzene rings is 3. The minimum absolute atomic E-state index is 0.000257. The molecular formula is C51H65N7O8S2. The van der Waals surface area contributed by atoms with Gasteiger partial charge in [0.05, 0.1) is 28.6 Å². The molecule has 0 bridgehead atoms. The first-order chi connectivity index (χ1) is 32.6. The van der Waals surface area contributed by atoms with Crippen molar-refractivity contribution in [2.75, 3.05) is 28.3 Å². The molecule has 2 aromatic heterocycles. The molecule has 2 heterocycles. The zero-order valence-electron chi connectivity index (χ0n) is 39.6. The lowest BCUT2D eigenvalue weighted by molar-refractivity contribution is -0.0249. The van der Waals surface area contributed by atoms with Crippen LogP contribution >= 0.6 is 0 Å². The molecular weight excluding hydrogens is 903 g/mol. The second-order valence-electron chi connectivity index (χ2n) is 18.1. The number of fused-ring (bicyclic) bond motifs is 2. The Morgan fingerprint density at radius 3 is 2.10 bits per heavy atom. The van der Waals surface area contributed by atoms with Crippen molar-refractivity contribution in [3.8, 4) is 17.3 Å². The Morgan fingerprint density at radius 2 is 1.47 bits per heavy atom. The number of rotatable bonds is 24. The summed E-state index contributed by atoms with van der Waals surface area (Å²) in [7, 11) is -8.19. The molecule has 0 saturated heterocycles. The van der Waals surface area contributed by atoms with Gasteiger partial charge in [0.1, 0.15) is 11.7 Å². The second-order valence-corrected chi connectivity index (χ2v) is 21.6. The predicted octanol–water partition coefficient (Wildman–Crippen LogP) is 11.9. The van der Waals surface area contributed by atoms with Crippen LogP contribution in [0.5, 0.6) is 5.88 Å². The number of H-pyrrole nitrogens is 1. The SMILES string of the molecule is [C-]#[N+]c1c(C(=O)OC2C(C)CC(C)CC2C)c2nc(-c3cc(NS(=O)(=O)CCCCCCCCCCCC)cc(NS(=O)(=O)c4cccc5ccccc45)c3)[nH]n2c1OC(=O)N(CC=C)CC=C. The number of unbranched alkanes of at least 4 members (excludes halogenated alkanes) is 9. The fourth-order valence-corrected chi connectivity index (χ4v) is 11.7. The molecule has 3 aromatic carbocycles. The number of nitrogens with one attached hydrogen (secondary N) is 3. The third-order valence-corrected chi connectivity index (χ3v) is 15.2. The van der Waals surface area contributed by atoms with Gasteiger partial charge in [-0.05, 0) is 66.7 Å². The minimum atomic E-state index is -4.27. The topological polar surface area (TPSA) is 186 Å². The first-order valence-corrected chi connectivity index (χ1v) is 26.8. The number of carbonyl (C=O) groups is 2. The van der Waals surface area contributed by atoms with E-state index in [1.165, 1.54) is 77.9 Å². The number of ether oxygens (including phenoxy) is 2. The molecule has 0 radical (unpaired) electrons. The molecule has 1 aliphatic carbocycles. The van der Waals surface area contributed by atoms with Crippen molar-refractivity contribution < 1.29 is 35.9 Å². The van der Waals surface area contributed by atoms with Crippen molar-refractivity contribution in [1.29, 1.82) is 0 Å². The zero-order valence-corrected chi connectivity index (χ0v) is 41.3. The number of aromatic amines is 1. The van der Waals surface area contributed by atoms with Crippen LogP contribution in [0.3, 0.4) is 0 Å². The lowest BCUT2D eigenvalue weighted by Gasteiger charge is -2.37. The summed E-state index contributed by atoms with van der Waals surface area (Å²) in [6, 6.07) is 16.3. The highest BCUT2D eigenvalue weighted by Gasteiger charge is 2.38. The van der Waals surface area contributed by atoms with E-state index in [0.717, 1.165) is 38.5 Å². The standard InChI is InChI=1S/C51H65N7O8S2/c1-8-11-12-13-14-15-16-17-18-21-29-67(61,62)55-40-32-39(33-41(34-40)56-68(63,64)43-26-22-24-38-23-19-20-25-42(38)43)47-53-48-44(50(59)65-46-36(5)30-35(4)31-37(46)6)45(52-7)49(58(48)54-47)66-51(60)57(27-9-2)28-10-3/h9-10,19-20,22-26,32-37,46,55-56H,2-3,8,11-18,21,27-31H2,1,4-6H3,(H,53,54). The number of sulfonamides is 2. The van der Waals surface area contributed by atoms with Crippen LogP contribution in [0.4, 0.5) is 21.9 Å². The fraction of sp³-hybridized carbons (Fsp3) is 0.451. The Balaban J connectivity index is 1.40. The number of nitrogens with zero attached hydrogens (tertiary/aromatic N) is 4. The second kappa shape index (κ2) is 23.3. The van der Waals surface area contributed by atoms with Gasteiger partial charge >= 0.3 is 12.1 Å². The quantitative estimate of drug-likeness (QED) is 0.0234. The molecule has 68 heavy (non-hydrogen) atoms. The van der Waals surface area contributed by atoms with Crippen molar-refractivity contribution in [3.63, 3.8) is 0 Å². The van der Waals surface area contributed by atoms with Crippen LogP contribution in [-0.4, -0.2) is 73.3 Å². The average molecular weight is 968 g/mol. The van der Waals surface area contributed by atoms with E-state index in [9.17, 15) is 26.4 Å². The van der Waals surface area contributed by atoms with Crippen LogP contribution < -0.4 is 14.2 Å². The van der Waals surface area contributed by atoms with Crippen molar-refractivity contribution >= 4 is 65.6 Å². The highest BCUT2D eigenvalue weighted by molar-refractivity contribution is 7.93. The molecule has 5 aromatic rings. The summed E-state index contributed by atoms with van der Waals surface area (Å²) in [5, 5.41) is 4.23. The molecule has 2 unspecified atom stereocenters. The maximum absolute atomic E-state index is 14.4. The van der Waals surface area contributed by atoms with Crippen LogP contribution in [0.25, 0.3) is 32.7 Å². The van der Waals surface area contributed by atoms with E-state index < -0.39 is 38.2 Å². The fourth-order valence-electron chi connectivity index (χ4n) is 9.31. The first kappa shape index (κ1) is 51.3. The van der Waals surface area contributed by atoms with E-state index in [1.54, 1.807) is 30.3 Å². The van der Waals surface area contributed by atoms with Crippen LogP contribution in [0.15, 0.2) is 90.9 Å². The molecule has 0 spiro atoms. The van der Waals surface area contributed by atoms with Gasteiger partial charge in [-0.15, -0.1) is 13.2 Å². The Hall–Kier alpha value is -6.12. The van der Waals surface area contributed by atoms with Gasteiger partial charge in [-0.2, -0.15) is 0 Å². The number of hydrogen-bond donors (Lipinski definition) is 3. The third-order valence-electron chi connectivity index (χ3n) is 12.4. The molecule has 0 aliphatic heterocycles. The molecule has 3 N–H and O–H groups in total. The summed E-state index contributed by atoms with van der Waals surface area (Å²) in [5.74, 6) is -0.819. The highest BCUT2D eigenvalue weighted by atomic mass is 32.2. The van der Waals surface area contributed by atoms with E-state index in [2.05, 4.69) is 46.4 Å². The van der Waals surface area contributed by atoms with Crippen molar-refractivity contribution in [2.45, 2.75) is 116 Å². The Kier molecular flexibility index (Phi) is 17.5. The monoisotopic (exact) mass is 967 g/mol. The van der Waals surface area contributed by atoms with E-state index in [1.807, 2.05) is 19.9 Å². The number of amides is 1. The van der Waals surface area contributed by atoms with Gasteiger partial charge in [-0.25, -0.2) is 40.8 Å². The first-order valence-electron chi connectivity index (χ1n) is 23.7. The van der Waals surface area contributed by atoms with Crippen molar-refractivity contribution in [2.24, 2.45) is 17.8 Å². The number of hydrogen-bond acceptors (Lipinski definition) is 9. The predicted molar refractivity (Wildman–Crippen MR) is 269 cm³/mol. The maximum Gasteiger partial charge on any atom is 0.416 e. The average Bonchev–Trinajstić information content (AvgIpc) is 3.85. The number of esters is 1.